The molecule has 0 spiro atoms. The minimum Gasteiger partial charge on any atom is -0.381 e. The van der Waals surface area contributed by atoms with E-state index in [0.29, 0.717) is 12.2 Å². The van der Waals surface area contributed by atoms with Crippen LogP contribution in [0, 0.1) is 17.2 Å². The molecule has 0 aliphatic carbocycles. The van der Waals surface area contributed by atoms with Gasteiger partial charge < -0.3 is 11.1 Å². The molecule has 1 aliphatic rings. The highest BCUT2D eigenvalue weighted by atomic mass is 16.1. The number of benzene rings is 1. The van der Waals surface area contributed by atoms with Crippen molar-refractivity contribution in [2.24, 2.45) is 11.7 Å². The van der Waals surface area contributed by atoms with Crippen LogP contribution in [0.3, 0.4) is 0 Å². The molecular weight excluding hydrogens is 326 g/mol. The smallest absolute Gasteiger partial charge is 0.221 e. The lowest BCUT2D eigenvalue weighted by Crippen LogP contribution is -2.40. The number of nitriles is 1. The molecule has 1 aliphatic heterocycles. The quantitative estimate of drug-likeness (QED) is 0.834. The van der Waals surface area contributed by atoms with E-state index >= 15 is 0 Å². The first kappa shape index (κ1) is 17.9. The minimum atomic E-state index is -0.193. The van der Waals surface area contributed by atoms with Crippen LogP contribution in [-0.2, 0) is 17.9 Å². The van der Waals surface area contributed by atoms with E-state index in [4.69, 9.17) is 11.0 Å². The minimum absolute atomic E-state index is 0.0328. The van der Waals surface area contributed by atoms with Crippen molar-refractivity contribution >= 4 is 11.6 Å². The van der Waals surface area contributed by atoms with Crippen LogP contribution < -0.4 is 11.1 Å². The van der Waals surface area contributed by atoms with Gasteiger partial charge in [0.25, 0.3) is 0 Å². The van der Waals surface area contributed by atoms with Gasteiger partial charge in [0.1, 0.15) is 11.8 Å². The molecule has 134 valence electrons. The Bertz CT molecular complexity index is 814. The van der Waals surface area contributed by atoms with Gasteiger partial charge in [0.05, 0.1) is 5.92 Å². The number of hydrogen-bond donors (Lipinski definition) is 2. The molecule has 6 heteroatoms. The lowest BCUT2D eigenvalue weighted by Gasteiger charge is -2.31. The number of aromatic nitrogens is 1. The fourth-order valence-electron chi connectivity index (χ4n) is 3.33. The van der Waals surface area contributed by atoms with Crippen LogP contribution in [0.5, 0.6) is 0 Å². The summed E-state index contributed by atoms with van der Waals surface area (Å²) in [6, 6.07) is 14.0. The molecule has 1 atom stereocenters. The first-order valence-corrected chi connectivity index (χ1v) is 8.83. The van der Waals surface area contributed by atoms with Gasteiger partial charge in [-0.3, -0.25) is 9.69 Å². The number of carbonyl (C=O) groups is 1. The standard InChI is InChI=1S/C20H23N5O/c21-11-19-10-18(6-7-23-19)24-12-15-3-1-4-16(9-15)13-25-8-2-5-17(14-25)20(22)26/h1,3-4,6-7,9-10,17H,2,5,8,12-14H2,(H2,22,26)(H,23,24). The molecular formula is C20H23N5O. The lowest BCUT2D eigenvalue weighted by molar-refractivity contribution is -0.123. The van der Waals surface area contributed by atoms with Crippen molar-refractivity contribution in [1.82, 2.24) is 9.88 Å². The Balaban J connectivity index is 1.59. The number of anilines is 1. The molecule has 1 fully saturated rings. The van der Waals surface area contributed by atoms with Crippen molar-refractivity contribution in [2.75, 3.05) is 18.4 Å². The van der Waals surface area contributed by atoms with E-state index in [2.05, 4.69) is 39.5 Å². The third-order valence-electron chi connectivity index (χ3n) is 4.68. The zero-order valence-electron chi connectivity index (χ0n) is 14.7. The first-order valence-electron chi connectivity index (χ1n) is 8.83. The summed E-state index contributed by atoms with van der Waals surface area (Å²) in [5, 5.41) is 12.2. The van der Waals surface area contributed by atoms with E-state index < -0.39 is 0 Å². The number of hydrogen-bond acceptors (Lipinski definition) is 5. The summed E-state index contributed by atoms with van der Waals surface area (Å²) < 4.78 is 0. The molecule has 1 amide bonds. The summed E-state index contributed by atoms with van der Waals surface area (Å²) in [5.41, 5.74) is 9.13. The molecule has 0 bridgehead atoms. The van der Waals surface area contributed by atoms with Crippen molar-refractivity contribution in [1.29, 1.82) is 5.26 Å². The molecule has 3 N–H and O–H groups in total. The number of rotatable bonds is 6. The number of pyridine rings is 1. The Morgan fingerprint density at radius 2 is 2.19 bits per heavy atom. The summed E-state index contributed by atoms with van der Waals surface area (Å²) >= 11 is 0. The second-order valence-electron chi connectivity index (χ2n) is 6.69. The second-order valence-corrected chi connectivity index (χ2v) is 6.69. The molecule has 6 nitrogen and oxygen atoms in total. The van der Waals surface area contributed by atoms with Gasteiger partial charge in [-0.05, 0) is 42.6 Å². The zero-order chi connectivity index (χ0) is 18.4. The van der Waals surface area contributed by atoms with Gasteiger partial charge in [0.2, 0.25) is 5.91 Å². The molecule has 3 rings (SSSR count). The van der Waals surface area contributed by atoms with Crippen molar-refractivity contribution in [2.45, 2.75) is 25.9 Å². The van der Waals surface area contributed by atoms with Crippen molar-refractivity contribution in [3.63, 3.8) is 0 Å². The van der Waals surface area contributed by atoms with Gasteiger partial charge >= 0.3 is 0 Å². The normalized spacial score (nSPS) is 17.4. The van der Waals surface area contributed by atoms with Gasteiger partial charge in [-0.25, -0.2) is 4.98 Å². The lowest BCUT2D eigenvalue weighted by atomic mass is 9.97. The molecule has 1 aromatic carbocycles. The largest absolute Gasteiger partial charge is 0.381 e. The highest BCUT2D eigenvalue weighted by Gasteiger charge is 2.23. The van der Waals surface area contributed by atoms with E-state index in [9.17, 15) is 4.79 Å². The highest BCUT2D eigenvalue weighted by molar-refractivity contribution is 5.76. The monoisotopic (exact) mass is 349 g/mol. The number of nitrogens with one attached hydrogen (secondary N) is 1. The molecule has 0 radical (unpaired) electrons. The summed E-state index contributed by atoms with van der Waals surface area (Å²) in [6.07, 6.45) is 3.54. The number of amides is 1. The number of piperidine rings is 1. The predicted octanol–water partition coefficient (Wildman–Crippen LogP) is 2.26. The summed E-state index contributed by atoms with van der Waals surface area (Å²) in [5.74, 6) is -0.226. The number of carbonyl (C=O) groups excluding carboxylic acids is 1. The number of nitrogens with two attached hydrogens (primary N) is 1. The maximum Gasteiger partial charge on any atom is 0.221 e. The van der Waals surface area contributed by atoms with Gasteiger partial charge in [-0.1, -0.05) is 24.3 Å². The maximum absolute atomic E-state index is 11.4. The van der Waals surface area contributed by atoms with Crippen molar-refractivity contribution in [3.05, 3.63) is 59.4 Å². The van der Waals surface area contributed by atoms with Crippen LogP contribution in [0.25, 0.3) is 0 Å². The van der Waals surface area contributed by atoms with Gasteiger partial charge in [-0.2, -0.15) is 5.26 Å². The summed E-state index contributed by atoms with van der Waals surface area (Å²) in [6.45, 7) is 3.24. The van der Waals surface area contributed by atoms with E-state index in [-0.39, 0.29) is 11.8 Å². The van der Waals surface area contributed by atoms with Gasteiger partial charge in [0.15, 0.2) is 0 Å². The summed E-state index contributed by atoms with van der Waals surface area (Å²) in [7, 11) is 0. The average molecular weight is 349 g/mol. The van der Waals surface area contributed by atoms with Crippen LogP contribution >= 0.6 is 0 Å². The number of likely N-dealkylation sites (tertiary alicyclic amines) is 1. The maximum atomic E-state index is 11.4. The van der Waals surface area contributed by atoms with Gasteiger partial charge in [0, 0.05) is 31.5 Å². The van der Waals surface area contributed by atoms with Crippen LogP contribution in [0.2, 0.25) is 0 Å². The summed E-state index contributed by atoms with van der Waals surface area (Å²) in [4.78, 5) is 17.7. The topological polar surface area (TPSA) is 95.0 Å². The Labute approximate surface area is 153 Å². The van der Waals surface area contributed by atoms with Gasteiger partial charge in [-0.15, -0.1) is 0 Å². The first-order chi connectivity index (χ1) is 12.6. The van der Waals surface area contributed by atoms with E-state index in [0.717, 1.165) is 38.2 Å². The van der Waals surface area contributed by atoms with E-state index in [1.165, 1.54) is 11.1 Å². The SMILES string of the molecule is N#Cc1cc(NCc2cccc(CN3CCCC(C(N)=O)C3)c2)ccn1. The molecule has 26 heavy (non-hydrogen) atoms. The van der Waals surface area contributed by atoms with Crippen molar-refractivity contribution in [3.8, 4) is 6.07 Å². The zero-order valence-corrected chi connectivity index (χ0v) is 14.7. The highest BCUT2D eigenvalue weighted by Crippen LogP contribution is 2.19. The molecule has 1 unspecified atom stereocenters. The molecule has 1 saturated heterocycles. The predicted molar refractivity (Wildman–Crippen MR) is 99.9 cm³/mol. The number of nitrogens with zero attached hydrogens (tertiary/aromatic N) is 3. The third kappa shape index (κ3) is 4.80. The Morgan fingerprint density at radius 1 is 1.35 bits per heavy atom. The Morgan fingerprint density at radius 3 is 3.00 bits per heavy atom. The third-order valence-corrected chi connectivity index (χ3v) is 4.68. The van der Waals surface area contributed by atoms with E-state index in [1.54, 1.807) is 12.3 Å². The fourth-order valence-corrected chi connectivity index (χ4v) is 3.33. The Hall–Kier alpha value is -2.91. The Kier molecular flexibility index (Phi) is 5.82. The van der Waals surface area contributed by atoms with Crippen LogP contribution in [0.4, 0.5) is 5.69 Å². The van der Waals surface area contributed by atoms with Crippen molar-refractivity contribution < 1.29 is 4.79 Å². The fraction of sp³-hybridized carbons (Fsp3) is 0.350. The van der Waals surface area contributed by atoms with E-state index in [1.807, 2.05) is 12.1 Å². The average Bonchev–Trinajstić information content (AvgIpc) is 2.67. The molecule has 2 heterocycles. The molecule has 0 saturated carbocycles. The second kappa shape index (κ2) is 8.45. The van der Waals surface area contributed by atoms with Crippen LogP contribution in [-0.4, -0.2) is 28.9 Å². The molecule has 2 aromatic rings. The van der Waals surface area contributed by atoms with Crippen LogP contribution in [0.1, 0.15) is 29.7 Å². The number of primary amides is 1. The van der Waals surface area contributed by atoms with Crippen LogP contribution in [0.15, 0.2) is 42.6 Å². The molecule has 1 aromatic heterocycles.